The van der Waals surface area contributed by atoms with Gasteiger partial charge in [-0.2, -0.15) is 0 Å². The Labute approximate surface area is 166 Å². The van der Waals surface area contributed by atoms with Crippen LogP contribution in [0, 0.1) is 30.3 Å². The van der Waals surface area contributed by atoms with E-state index in [-0.39, 0.29) is 0 Å². The quantitative estimate of drug-likeness (QED) is 0.384. The monoisotopic (exact) mass is 406 g/mol. The first-order valence-electron chi connectivity index (χ1n) is 8.75. The molecule has 0 amide bonds. The molecule has 2 aromatic carbocycles. The Balaban J connectivity index is 0.000000296. The number of nitro benzene ring substituents is 3. The van der Waals surface area contributed by atoms with Gasteiger partial charge in [0.15, 0.2) is 0 Å². The van der Waals surface area contributed by atoms with Crippen molar-refractivity contribution in [2.75, 3.05) is 18.5 Å². The molecule has 0 spiro atoms. The van der Waals surface area contributed by atoms with E-state index < -0.39 is 37.6 Å². The van der Waals surface area contributed by atoms with E-state index in [9.17, 15) is 30.3 Å². The van der Waals surface area contributed by atoms with Crippen LogP contribution in [0.4, 0.5) is 22.7 Å². The van der Waals surface area contributed by atoms with E-state index >= 15 is 0 Å². The maximum Gasteiger partial charge on any atom is 0.324 e. The van der Waals surface area contributed by atoms with Crippen molar-refractivity contribution in [3.63, 3.8) is 0 Å². The summed E-state index contributed by atoms with van der Waals surface area (Å²) in [6.45, 7) is 3.40. The molecule has 0 bridgehead atoms. The molecule has 156 valence electrons. The summed E-state index contributed by atoms with van der Waals surface area (Å²) in [7, 11) is 2.16. The fourth-order valence-corrected chi connectivity index (χ4v) is 2.38. The molecule has 2 rings (SSSR count). The van der Waals surface area contributed by atoms with E-state index in [0.29, 0.717) is 12.1 Å². The van der Waals surface area contributed by atoms with E-state index in [1.54, 1.807) is 0 Å². The summed E-state index contributed by atoms with van der Waals surface area (Å²) in [6.07, 6.45) is 3.92. The number of benzene rings is 2. The lowest BCUT2D eigenvalue weighted by Gasteiger charge is -2.18. The molecule has 29 heavy (non-hydrogen) atoms. The molecule has 11 heteroatoms. The zero-order chi connectivity index (χ0) is 22.0. The predicted octanol–water partition coefficient (Wildman–Crippen LogP) is 4.43. The highest BCUT2D eigenvalue weighted by atomic mass is 16.6. The Bertz CT molecular complexity index is 824. The standard InChI is InChI=1S/C12H19N.C6H3N3O7/c1-3-4-8-11-13(2)12-9-6-5-7-10-12;10-6-4(8(13)14)1-3(7(11)12)2-5(6)9(15)16/h5-7,9-10H,3-4,8,11H2,1-2H3;1-2,10H. The Morgan fingerprint density at radius 3 is 1.83 bits per heavy atom. The number of hydrogen-bond donors (Lipinski definition) is 1. The van der Waals surface area contributed by atoms with Crippen molar-refractivity contribution in [1.82, 2.24) is 0 Å². The molecule has 0 saturated carbocycles. The average Bonchev–Trinajstić information content (AvgIpc) is 2.68. The topological polar surface area (TPSA) is 153 Å². The minimum atomic E-state index is -1.21. The molecule has 0 atom stereocenters. The number of nitro groups is 3. The maximum absolute atomic E-state index is 10.4. The first-order valence-corrected chi connectivity index (χ1v) is 8.75. The van der Waals surface area contributed by atoms with Gasteiger partial charge >= 0.3 is 11.4 Å². The number of phenols is 1. The fourth-order valence-electron chi connectivity index (χ4n) is 2.38. The van der Waals surface area contributed by atoms with Crippen LogP contribution in [0.3, 0.4) is 0 Å². The van der Waals surface area contributed by atoms with E-state index in [0.717, 1.165) is 6.54 Å². The van der Waals surface area contributed by atoms with Gasteiger partial charge in [0.1, 0.15) is 0 Å². The zero-order valence-electron chi connectivity index (χ0n) is 16.1. The third-order valence-electron chi connectivity index (χ3n) is 3.95. The van der Waals surface area contributed by atoms with Crippen molar-refractivity contribution in [2.45, 2.75) is 26.2 Å². The molecule has 0 heterocycles. The third-order valence-corrected chi connectivity index (χ3v) is 3.95. The van der Waals surface area contributed by atoms with Crippen molar-refractivity contribution in [3.8, 4) is 5.75 Å². The summed E-state index contributed by atoms with van der Waals surface area (Å²) in [6, 6.07) is 11.4. The van der Waals surface area contributed by atoms with E-state index in [4.69, 9.17) is 5.11 Å². The fraction of sp³-hybridized carbons (Fsp3) is 0.333. The Morgan fingerprint density at radius 2 is 1.41 bits per heavy atom. The lowest BCUT2D eigenvalue weighted by atomic mass is 10.2. The third kappa shape index (κ3) is 7.05. The molecule has 2 aromatic rings. The number of anilines is 1. The number of aromatic hydroxyl groups is 1. The lowest BCUT2D eigenvalue weighted by molar-refractivity contribution is -0.404. The molecule has 0 fully saturated rings. The zero-order valence-corrected chi connectivity index (χ0v) is 16.1. The molecule has 0 aromatic heterocycles. The lowest BCUT2D eigenvalue weighted by Crippen LogP contribution is -2.17. The summed E-state index contributed by atoms with van der Waals surface area (Å²) in [5, 5.41) is 40.2. The number of non-ortho nitro benzene ring substituents is 1. The van der Waals surface area contributed by atoms with E-state index in [1.165, 1.54) is 24.9 Å². The van der Waals surface area contributed by atoms with Gasteiger partial charge < -0.3 is 10.0 Å². The highest BCUT2D eigenvalue weighted by Crippen LogP contribution is 2.38. The number of unbranched alkanes of at least 4 members (excludes halogenated alkanes) is 2. The second-order valence-corrected chi connectivity index (χ2v) is 6.07. The summed E-state index contributed by atoms with van der Waals surface area (Å²) in [5.74, 6) is -1.21. The predicted molar refractivity (Wildman–Crippen MR) is 107 cm³/mol. The first-order chi connectivity index (χ1) is 13.7. The molecular weight excluding hydrogens is 384 g/mol. The van der Waals surface area contributed by atoms with Crippen LogP contribution in [0.15, 0.2) is 42.5 Å². The summed E-state index contributed by atoms with van der Waals surface area (Å²) in [5.41, 5.74) is -1.68. The van der Waals surface area contributed by atoms with Crippen molar-refractivity contribution >= 4 is 22.7 Å². The smallest absolute Gasteiger partial charge is 0.324 e. The minimum absolute atomic E-state index is 0.447. The number of para-hydroxylation sites is 1. The van der Waals surface area contributed by atoms with Gasteiger partial charge in [0, 0.05) is 19.3 Å². The number of phenolic OH excluding ortho intramolecular Hbond substituents is 1. The maximum atomic E-state index is 10.4. The minimum Gasteiger partial charge on any atom is -0.497 e. The van der Waals surface area contributed by atoms with Crippen molar-refractivity contribution in [1.29, 1.82) is 0 Å². The van der Waals surface area contributed by atoms with Gasteiger partial charge in [0.2, 0.25) is 0 Å². The highest BCUT2D eigenvalue weighted by Gasteiger charge is 2.30. The molecule has 0 aliphatic carbocycles. The van der Waals surface area contributed by atoms with Crippen molar-refractivity contribution in [3.05, 3.63) is 72.8 Å². The van der Waals surface area contributed by atoms with Crippen molar-refractivity contribution in [2.24, 2.45) is 0 Å². The van der Waals surface area contributed by atoms with Gasteiger partial charge in [-0.25, -0.2) is 0 Å². The molecule has 0 aliphatic rings. The molecular formula is C18H22N4O7. The first kappa shape index (κ1) is 23.3. The number of hydrogen-bond acceptors (Lipinski definition) is 8. The molecule has 0 aliphatic heterocycles. The second kappa shape index (κ2) is 11.2. The van der Waals surface area contributed by atoms with Gasteiger partial charge in [-0.1, -0.05) is 38.0 Å². The Hall–Kier alpha value is -3.76. The van der Waals surface area contributed by atoms with Crippen LogP contribution in [0.2, 0.25) is 0 Å². The SMILES string of the molecule is CCCCCN(C)c1ccccc1.O=[N+]([O-])c1cc([N+](=O)[O-])c(O)c([N+](=O)[O-])c1. The van der Waals surface area contributed by atoms with Crippen LogP contribution >= 0.6 is 0 Å². The van der Waals surface area contributed by atoms with Crippen LogP contribution in [0.25, 0.3) is 0 Å². The summed E-state index contributed by atoms with van der Waals surface area (Å²) in [4.78, 5) is 30.1. The van der Waals surface area contributed by atoms with Crippen LogP contribution in [0.5, 0.6) is 5.75 Å². The second-order valence-electron chi connectivity index (χ2n) is 6.07. The van der Waals surface area contributed by atoms with Gasteiger partial charge in [-0.05, 0) is 18.6 Å². The van der Waals surface area contributed by atoms with Crippen LogP contribution in [0.1, 0.15) is 26.2 Å². The largest absolute Gasteiger partial charge is 0.497 e. The van der Waals surface area contributed by atoms with Gasteiger partial charge in [0.25, 0.3) is 11.4 Å². The molecule has 0 saturated heterocycles. The summed E-state index contributed by atoms with van der Waals surface area (Å²) >= 11 is 0. The molecule has 0 unspecified atom stereocenters. The average molecular weight is 406 g/mol. The molecule has 0 radical (unpaired) electrons. The van der Waals surface area contributed by atoms with Crippen LogP contribution in [-0.2, 0) is 0 Å². The summed E-state index contributed by atoms with van der Waals surface area (Å²) < 4.78 is 0. The Morgan fingerprint density at radius 1 is 0.897 bits per heavy atom. The van der Waals surface area contributed by atoms with Gasteiger partial charge in [-0.3, -0.25) is 30.3 Å². The molecule has 11 nitrogen and oxygen atoms in total. The number of nitrogens with zero attached hydrogens (tertiary/aromatic N) is 4. The van der Waals surface area contributed by atoms with E-state index in [1.807, 2.05) is 0 Å². The highest BCUT2D eigenvalue weighted by molar-refractivity contribution is 5.64. The van der Waals surface area contributed by atoms with Gasteiger partial charge in [0.05, 0.1) is 26.9 Å². The van der Waals surface area contributed by atoms with E-state index in [2.05, 4.69) is 49.2 Å². The van der Waals surface area contributed by atoms with Gasteiger partial charge in [-0.15, -0.1) is 0 Å². The number of rotatable bonds is 8. The normalized spacial score (nSPS) is 9.86. The van der Waals surface area contributed by atoms with Crippen LogP contribution < -0.4 is 4.90 Å². The molecule has 1 N–H and O–H groups in total. The van der Waals surface area contributed by atoms with Crippen LogP contribution in [-0.4, -0.2) is 33.5 Å². The Kier molecular flexibility index (Phi) is 8.96. The van der Waals surface area contributed by atoms with Crippen molar-refractivity contribution < 1.29 is 19.9 Å².